The van der Waals surface area contributed by atoms with Crippen molar-refractivity contribution in [2.45, 2.75) is 64.0 Å². The van der Waals surface area contributed by atoms with E-state index in [1.54, 1.807) is 0 Å². The summed E-state index contributed by atoms with van der Waals surface area (Å²) in [6.45, 7) is 2.10. The van der Waals surface area contributed by atoms with Gasteiger partial charge in [0.1, 0.15) is 0 Å². The summed E-state index contributed by atoms with van der Waals surface area (Å²) < 4.78 is 0. The first-order chi connectivity index (χ1) is 7.24. The van der Waals surface area contributed by atoms with E-state index >= 15 is 0 Å². The van der Waals surface area contributed by atoms with Crippen molar-refractivity contribution in [1.82, 2.24) is 5.48 Å². The van der Waals surface area contributed by atoms with E-state index < -0.39 is 0 Å². The number of hydroxylamine groups is 1. The van der Waals surface area contributed by atoms with Crippen LogP contribution >= 0.6 is 0 Å². The lowest BCUT2D eigenvalue weighted by molar-refractivity contribution is -0.154. The third kappa shape index (κ3) is 4.62. The van der Waals surface area contributed by atoms with E-state index in [9.17, 15) is 9.90 Å². The van der Waals surface area contributed by atoms with Crippen molar-refractivity contribution in [3.63, 3.8) is 0 Å². The largest absolute Gasteiger partial charge is 0.391 e. The van der Waals surface area contributed by atoms with Crippen molar-refractivity contribution in [1.29, 1.82) is 0 Å². The topological polar surface area (TPSA) is 58.6 Å². The lowest BCUT2D eigenvalue weighted by Gasteiger charge is -2.15. The molecule has 0 aliphatic heterocycles. The Hall–Kier alpha value is -0.610. The molecule has 0 aromatic carbocycles. The summed E-state index contributed by atoms with van der Waals surface area (Å²) in [6, 6.07) is -0.0693. The number of hydrogen-bond donors (Lipinski definition) is 2. The summed E-state index contributed by atoms with van der Waals surface area (Å²) in [5.74, 6) is -0.220. The standard InChI is InChI=1S/C11H21NO3/c1-2-3-4-8-11(14)15-12-9-6-5-7-10(9)13/h9-10,12-13H,2-8H2,1H3. The van der Waals surface area contributed by atoms with Gasteiger partial charge < -0.3 is 9.94 Å². The van der Waals surface area contributed by atoms with E-state index in [4.69, 9.17) is 4.84 Å². The van der Waals surface area contributed by atoms with Crippen LogP contribution in [0.3, 0.4) is 0 Å². The minimum Gasteiger partial charge on any atom is -0.391 e. The molecule has 0 saturated heterocycles. The first-order valence-corrected chi connectivity index (χ1v) is 5.87. The van der Waals surface area contributed by atoms with Crippen molar-refractivity contribution in [2.75, 3.05) is 0 Å². The zero-order chi connectivity index (χ0) is 11.1. The number of nitrogens with one attached hydrogen (secondary N) is 1. The second-order valence-electron chi connectivity index (χ2n) is 4.15. The van der Waals surface area contributed by atoms with E-state index in [-0.39, 0.29) is 18.1 Å². The minimum atomic E-state index is -0.367. The number of unbranched alkanes of at least 4 members (excludes halogenated alkanes) is 2. The first-order valence-electron chi connectivity index (χ1n) is 5.87. The second-order valence-corrected chi connectivity index (χ2v) is 4.15. The summed E-state index contributed by atoms with van der Waals surface area (Å²) in [4.78, 5) is 16.1. The van der Waals surface area contributed by atoms with Crippen LogP contribution in [-0.2, 0) is 9.63 Å². The molecule has 2 N–H and O–H groups in total. The van der Waals surface area contributed by atoms with E-state index in [0.717, 1.165) is 38.5 Å². The average Bonchev–Trinajstić information content (AvgIpc) is 2.61. The molecular formula is C11H21NO3. The minimum absolute atomic E-state index is 0.0693. The van der Waals surface area contributed by atoms with Gasteiger partial charge in [0.15, 0.2) is 0 Å². The SMILES string of the molecule is CCCCCC(=O)ONC1CCCC1O. The lowest BCUT2D eigenvalue weighted by atomic mass is 10.2. The van der Waals surface area contributed by atoms with Crippen LogP contribution < -0.4 is 5.48 Å². The molecule has 0 aromatic rings. The molecule has 0 spiro atoms. The van der Waals surface area contributed by atoms with Gasteiger partial charge in [-0.05, 0) is 25.7 Å². The molecule has 88 valence electrons. The molecule has 1 rings (SSSR count). The molecule has 1 aliphatic carbocycles. The predicted octanol–water partition coefficient (Wildman–Crippen LogP) is 1.53. The molecule has 1 aliphatic rings. The molecule has 0 aromatic heterocycles. The Labute approximate surface area is 91.0 Å². The molecule has 0 heterocycles. The highest BCUT2D eigenvalue weighted by Crippen LogP contribution is 2.18. The van der Waals surface area contributed by atoms with Gasteiger partial charge in [0.25, 0.3) is 0 Å². The van der Waals surface area contributed by atoms with Crippen LogP contribution in [0, 0.1) is 0 Å². The van der Waals surface area contributed by atoms with Gasteiger partial charge in [-0.3, -0.25) is 4.79 Å². The van der Waals surface area contributed by atoms with Gasteiger partial charge in [-0.2, -0.15) is 0 Å². The normalized spacial score (nSPS) is 25.5. The van der Waals surface area contributed by atoms with Crippen LogP contribution in [0.25, 0.3) is 0 Å². The molecule has 0 amide bonds. The maximum Gasteiger partial charge on any atom is 0.324 e. The highest BCUT2D eigenvalue weighted by molar-refractivity contribution is 5.68. The van der Waals surface area contributed by atoms with Gasteiger partial charge in [0.2, 0.25) is 0 Å². The van der Waals surface area contributed by atoms with Gasteiger partial charge in [-0.1, -0.05) is 19.8 Å². The Balaban J connectivity index is 2.05. The number of rotatable bonds is 6. The van der Waals surface area contributed by atoms with E-state index in [1.807, 2.05) is 0 Å². The van der Waals surface area contributed by atoms with Crippen molar-refractivity contribution in [2.24, 2.45) is 0 Å². The van der Waals surface area contributed by atoms with E-state index in [0.29, 0.717) is 6.42 Å². The highest BCUT2D eigenvalue weighted by atomic mass is 16.7. The molecule has 0 bridgehead atoms. The zero-order valence-electron chi connectivity index (χ0n) is 9.37. The van der Waals surface area contributed by atoms with Gasteiger partial charge in [0, 0.05) is 6.42 Å². The van der Waals surface area contributed by atoms with E-state index in [1.165, 1.54) is 0 Å². The number of carbonyl (C=O) groups is 1. The maximum atomic E-state index is 11.2. The molecule has 15 heavy (non-hydrogen) atoms. The fourth-order valence-corrected chi connectivity index (χ4v) is 1.79. The molecule has 0 radical (unpaired) electrons. The molecule has 2 atom stereocenters. The van der Waals surface area contributed by atoms with Gasteiger partial charge in [0.05, 0.1) is 12.1 Å². The number of aliphatic hydroxyl groups excluding tert-OH is 1. The zero-order valence-corrected chi connectivity index (χ0v) is 9.37. The third-order valence-electron chi connectivity index (χ3n) is 2.79. The number of carbonyl (C=O) groups excluding carboxylic acids is 1. The highest BCUT2D eigenvalue weighted by Gasteiger charge is 2.26. The summed E-state index contributed by atoms with van der Waals surface area (Å²) in [5, 5.41) is 9.46. The Morgan fingerprint density at radius 1 is 1.47 bits per heavy atom. The Kier molecular flexibility index (Phi) is 5.65. The first kappa shape index (κ1) is 12.5. The fourth-order valence-electron chi connectivity index (χ4n) is 1.79. The molecule has 4 nitrogen and oxygen atoms in total. The van der Waals surface area contributed by atoms with Gasteiger partial charge >= 0.3 is 5.97 Å². The summed E-state index contributed by atoms with van der Waals surface area (Å²) in [6.07, 6.45) is 5.80. The summed E-state index contributed by atoms with van der Waals surface area (Å²) in [7, 11) is 0. The molecule has 1 fully saturated rings. The Bertz CT molecular complexity index is 196. The maximum absolute atomic E-state index is 11.2. The van der Waals surface area contributed by atoms with E-state index in [2.05, 4.69) is 12.4 Å². The van der Waals surface area contributed by atoms with Gasteiger partial charge in [-0.25, -0.2) is 0 Å². The van der Waals surface area contributed by atoms with Crippen LogP contribution in [0.2, 0.25) is 0 Å². The van der Waals surface area contributed by atoms with Crippen LogP contribution in [0.15, 0.2) is 0 Å². The quantitative estimate of drug-likeness (QED) is 0.521. The van der Waals surface area contributed by atoms with Crippen molar-refractivity contribution < 1.29 is 14.7 Å². The van der Waals surface area contributed by atoms with Crippen molar-refractivity contribution in [3.8, 4) is 0 Å². The smallest absolute Gasteiger partial charge is 0.324 e. The van der Waals surface area contributed by atoms with Crippen LogP contribution in [-0.4, -0.2) is 23.2 Å². The summed E-state index contributed by atoms with van der Waals surface area (Å²) in [5.41, 5.74) is 2.66. The lowest BCUT2D eigenvalue weighted by Crippen LogP contribution is -2.37. The number of aliphatic hydroxyl groups is 1. The van der Waals surface area contributed by atoms with Crippen LogP contribution in [0.1, 0.15) is 51.9 Å². The molecule has 2 unspecified atom stereocenters. The van der Waals surface area contributed by atoms with Gasteiger partial charge in [-0.15, -0.1) is 5.48 Å². The monoisotopic (exact) mass is 215 g/mol. The summed E-state index contributed by atoms with van der Waals surface area (Å²) >= 11 is 0. The van der Waals surface area contributed by atoms with Crippen molar-refractivity contribution >= 4 is 5.97 Å². The fraction of sp³-hybridized carbons (Fsp3) is 0.909. The van der Waals surface area contributed by atoms with Crippen LogP contribution in [0.4, 0.5) is 0 Å². The Morgan fingerprint density at radius 3 is 2.87 bits per heavy atom. The Morgan fingerprint density at radius 2 is 2.27 bits per heavy atom. The second kappa shape index (κ2) is 6.80. The van der Waals surface area contributed by atoms with Crippen LogP contribution in [0.5, 0.6) is 0 Å². The number of hydrogen-bond acceptors (Lipinski definition) is 4. The third-order valence-corrected chi connectivity index (χ3v) is 2.79. The molecular weight excluding hydrogens is 194 g/mol. The predicted molar refractivity (Wildman–Crippen MR) is 57.0 cm³/mol. The molecule has 4 heteroatoms. The average molecular weight is 215 g/mol. The molecule has 1 saturated carbocycles. The van der Waals surface area contributed by atoms with Crippen molar-refractivity contribution in [3.05, 3.63) is 0 Å².